The monoisotopic (exact) mass is 318 g/mol. The lowest BCUT2D eigenvalue weighted by Crippen LogP contribution is -2.01. The van der Waals surface area contributed by atoms with E-state index in [1.54, 1.807) is 0 Å². The fourth-order valence-electron chi connectivity index (χ4n) is 2.70. The number of ether oxygens (including phenoxy) is 1. The van der Waals surface area contributed by atoms with Crippen LogP contribution in [0.1, 0.15) is 13.3 Å². The van der Waals surface area contributed by atoms with E-state index in [9.17, 15) is 0 Å². The molecule has 1 heterocycles. The van der Waals surface area contributed by atoms with E-state index < -0.39 is 0 Å². The maximum absolute atomic E-state index is 6.14. The van der Waals surface area contributed by atoms with E-state index in [1.165, 1.54) is 0 Å². The molecule has 0 bridgehead atoms. The highest BCUT2D eigenvalue weighted by Crippen LogP contribution is 2.39. The first kappa shape index (κ1) is 16.1. The lowest BCUT2D eigenvalue weighted by molar-refractivity contribution is 0.319. The molecule has 1 aromatic heterocycles. The predicted molar refractivity (Wildman–Crippen MR) is 99.1 cm³/mol. The van der Waals surface area contributed by atoms with Crippen molar-refractivity contribution in [2.45, 2.75) is 19.9 Å². The standard InChI is InChI=1S/C21H22N2O/c1-3-15-23-20(18-13-9-6-10-14-18)21(24-16-4-2)19(22-23)17-11-7-5-8-12-17/h3,5-14H,1,4,15-16H2,2H3. The average Bonchev–Trinajstić information content (AvgIpc) is 3.00. The van der Waals surface area contributed by atoms with Gasteiger partial charge in [-0.05, 0) is 6.42 Å². The number of nitrogens with zero attached hydrogens (tertiary/aromatic N) is 2. The van der Waals surface area contributed by atoms with Crippen LogP contribution in [0, 0.1) is 0 Å². The molecule has 3 rings (SSSR count). The highest BCUT2D eigenvalue weighted by Gasteiger charge is 2.21. The van der Waals surface area contributed by atoms with Crippen molar-refractivity contribution in [1.29, 1.82) is 0 Å². The van der Waals surface area contributed by atoms with E-state index in [2.05, 4.69) is 37.8 Å². The largest absolute Gasteiger partial charge is 0.489 e. The quantitative estimate of drug-likeness (QED) is 0.560. The minimum Gasteiger partial charge on any atom is -0.489 e. The van der Waals surface area contributed by atoms with Gasteiger partial charge >= 0.3 is 0 Å². The van der Waals surface area contributed by atoms with Crippen LogP contribution in [-0.2, 0) is 6.54 Å². The van der Waals surface area contributed by atoms with Crippen molar-refractivity contribution in [1.82, 2.24) is 9.78 Å². The van der Waals surface area contributed by atoms with Crippen LogP contribution in [0.4, 0.5) is 0 Å². The molecule has 0 saturated carbocycles. The Bertz CT molecular complexity index is 791. The van der Waals surface area contributed by atoms with Crippen molar-refractivity contribution >= 4 is 0 Å². The molecule has 0 aliphatic carbocycles. The van der Waals surface area contributed by atoms with E-state index in [-0.39, 0.29) is 0 Å². The zero-order chi connectivity index (χ0) is 16.8. The lowest BCUT2D eigenvalue weighted by Gasteiger charge is -2.10. The fraction of sp³-hybridized carbons (Fsp3) is 0.190. The minimum absolute atomic E-state index is 0.638. The summed E-state index contributed by atoms with van der Waals surface area (Å²) in [6, 6.07) is 20.4. The Morgan fingerprint density at radius 1 is 1.00 bits per heavy atom. The first-order chi connectivity index (χ1) is 11.8. The lowest BCUT2D eigenvalue weighted by atomic mass is 10.1. The number of allylic oxidation sites excluding steroid dienone is 1. The molecular weight excluding hydrogens is 296 g/mol. The second-order valence-corrected chi connectivity index (χ2v) is 5.58. The Labute approximate surface area is 143 Å². The van der Waals surface area contributed by atoms with Gasteiger partial charge in [0.1, 0.15) is 11.4 Å². The smallest absolute Gasteiger partial charge is 0.173 e. The first-order valence-electron chi connectivity index (χ1n) is 8.30. The number of aromatic nitrogens is 2. The van der Waals surface area contributed by atoms with Gasteiger partial charge < -0.3 is 4.74 Å². The van der Waals surface area contributed by atoms with Gasteiger partial charge in [0.25, 0.3) is 0 Å². The normalized spacial score (nSPS) is 10.5. The zero-order valence-electron chi connectivity index (χ0n) is 14.0. The number of hydrogen-bond donors (Lipinski definition) is 0. The predicted octanol–water partition coefficient (Wildman–Crippen LogP) is 5.19. The van der Waals surface area contributed by atoms with Crippen LogP contribution >= 0.6 is 0 Å². The van der Waals surface area contributed by atoms with Crippen LogP contribution in [0.3, 0.4) is 0 Å². The van der Waals surface area contributed by atoms with Gasteiger partial charge in [-0.2, -0.15) is 5.10 Å². The minimum atomic E-state index is 0.638. The van der Waals surface area contributed by atoms with Crippen molar-refractivity contribution in [3.05, 3.63) is 73.3 Å². The van der Waals surface area contributed by atoms with E-state index in [0.29, 0.717) is 13.2 Å². The van der Waals surface area contributed by atoms with E-state index >= 15 is 0 Å². The summed E-state index contributed by atoms with van der Waals surface area (Å²) in [5.41, 5.74) is 4.04. The van der Waals surface area contributed by atoms with Gasteiger partial charge in [0.15, 0.2) is 5.75 Å². The Hall–Kier alpha value is -2.81. The second kappa shape index (κ2) is 7.64. The van der Waals surface area contributed by atoms with Crippen LogP contribution in [0.15, 0.2) is 73.3 Å². The van der Waals surface area contributed by atoms with Gasteiger partial charge in [-0.25, -0.2) is 0 Å². The molecule has 0 spiro atoms. The van der Waals surface area contributed by atoms with Crippen molar-refractivity contribution in [3.63, 3.8) is 0 Å². The summed E-state index contributed by atoms with van der Waals surface area (Å²) in [4.78, 5) is 0. The van der Waals surface area contributed by atoms with E-state index in [0.717, 1.165) is 34.7 Å². The molecule has 0 radical (unpaired) electrons. The third-order valence-corrected chi connectivity index (χ3v) is 3.76. The first-order valence-corrected chi connectivity index (χ1v) is 8.30. The summed E-state index contributed by atoms with van der Waals surface area (Å²) < 4.78 is 8.10. The highest BCUT2D eigenvalue weighted by atomic mass is 16.5. The van der Waals surface area contributed by atoms with E-state index in [4.69, 9.17) is 9.84 Å². The molecule has 0 aliphatic rings. The van der Waals surface area contributed by atoms with Crippen molar-refractivity contribution in [3.8, 4) is 28.3 Å². The molecule has 3 nitrogen and oxygen atoms in total. The van der Waals surface area contributed by atoms with E-state index in [1.807, 2.05) is 47.2 Å². The molecule has 0 amide bonds. The summed E-state index contributed by atoms with van der Waals surface area (Å²) in [6.07, 6.45) is 2.81. The van der Waals surface area contributed by atoms with Gasteiger partial charge in [-0.15, -0.1) is 6.58 Å². The summed E-state index contributed by atoms with van der Waals surface area (Å²) in [5.74, 6) is 0.844. The average molecular weight is 318 g/mol. The third kappa shape index (κ3) is 3.25. The molecule has 0 atom stereocenters. The molecule has 24 heavy (non-hydrogen) atoms. The van der Waals surface area contributed by atoms with Crippen LogP contribution < -0.4 is 4.74 Å². The van der Waals surface area contributed by atoms with Gasteiger partial charge in [0.2, 0.25) is 0 Å². The molecule has 0 saturated heterocycles. The maximum atomic E-state index is 6.14. The SMILES string of the molecule is C=CCn1nc(-c2ccccc2)c(OCCC)c1-c1ccccc1. The summed E-state index contributed by atoms with van der Waals surface area (Å²) in [6.45, 7) is 7.28. The van der Waals surface area contributed by atoms with Crippen LogP contribution in [-0.4, -0.2) is 16.4 Å². The molecular formula is C21H22N2O. The summed E-state index contributed by atoms with van der Waals surface area (Å²) >= 11 is 0. The van der Waals surface area contributed by atoms with Crippen LogP contribution in [0.25, 0.3) is 22.5 Å². The van der Waals surface area contributed by atoms with Gasteiger partial charge in [0, 0.05) is 11.1 Å². The fourth-order valence-corrected chi connectivity index (χ4v) is 2.70. The maximum Gasteiger partial charge on any atom is 0.173 e. The topological polar surface area (TPSA) is 27.1 Å². The van der Waals surface area contributed by atoms with Gasteiger partial charge in [-0.1, -0.05) is 73.7 Å². The molecule has 0 unspecified atom stereocenters. The Morgan fingerprint density at radius 2 is 1.62 bits per heavy atom. The van der Waals surface area contributed by atoms with Gasteiger partial charge in [-0.3, -0.25) is 4.68 Å². The van der Waals surface area contributed by atoms with Crippen LogP contribution in [0.2, 0.25) is 0 Å². The van der Waals surface area contributed by atoms with Crippen molar-refractivity contribution in [2.24, 2.45) is 0 Å². The van der Waals surface area contributed by atoms with Crippen LogP contribution in [0.5, 0.6) is 5.75 Å². The Balaban J connectivity index is 2.20. The summed E-state index contributed by atoms with van der Waals surface area (Å²) in [5, 5.41) is 4.82. The molecule has 3 heteroatoms. The molecule has 2 aromatic carbocycles. The number of hydrogen-bond acceptors (Lipinski definition) is 2. The van der Waals surface area contributed by atoms with Crippen molar-refractivity contribution < 1.29 is 4.74 Å². The zero-order valence-corrected chi connectivity index (χ0v) is 14.0. The second-order valence-electron chi connectivity index (χ2n) is 5.58. The molecule has 122 valence electrons. The van der Waals surface area contributed by atoms with Gasteiger partial charge in [0.05, 0.1) is 13.2 Å². The molecule has 0 N–H and O–H groups in total. The number of benzene rings is 2. The molecule has 0 aliphatic heterocycles. The Kier molecular flexibility index (Phi) is 5.12. The Morgan fingerprint density at radius 3 is 2.21 bits per heavy atom. The number of rotatable bonds is 7. The van der Waals surface area contributed by atoms with Crippen molar-refractivity contribution in [2.75, 3.05) is 6.61 Å². The molecule has 3 aromatic rings. The summed E-state index contributed by atoms with van der Waals surface area (Å²) in [7, 11) is 0. The third-order valence-electron chi connectivity index (χ3n) is 3.76. The molecule has 0 fully saturated rings. The highest BCUT2D eigenvalue weighted by molar-refractivity contribution is 5.78.